The summed E-state index contributed by atoms with van der Waals surface area (Å²) in [5.74, 6) is 0. The fraction of sp³-hybridized carbons (Fsp3) is 0.0526. The molecule has 17 heteroatoms. The molecule has 0 fully saturated rings. The summed E-state index contributed by atoms with van der Waals surface area (Å²) in [7, 11) is -5.87. The highest BCUT2D eigenvalue weighted by molar-refractivity contribution is 7.23. The van der Waals surface area contributed by atoms with Gasteiger partial charge < -0.3 is 14.7 Å². The van der Waals surface area contributed by atoms with E-state index in [0.29, 0.717) is 0 Å². The van der Waals surface area contributed by atoms with E-state index in [9.17, 15) is 0 Å². The monoisotopic (exact) mass is 1700 g/mol. The van der Waals surface area contributed by atoms with E-state index in [1.54, 1.807) is 0 Å². The molecule has 0 saturated heterocycles. The molecule has 0 aliphatic carbocycles. The van der Waals surface area contributed by atoms with E-state index in [2.05, 4.69) is 464 Å². The van der Waals surface area contributed by atoms with Crippen LogP contribution in [-0.2, 0) is 0 Å². The van der Waals surface area contributed by atoms with Gasteiger partial charge >= 0.3 is 0 Å². The van der Waals surface area contributed by atoms with Gasteiger partial charge in [-0.25, -0.2) is 0 Å². The number of rotatable bonds is 10. The predicted molar refractivity (Wildman–Crippen MR) is 560 cm³/mol. The van der Waals surface area contributed by atoms with Crippen molar-refractivity contribution in [2.75, 3.05) is 14.7 Å². The highest BCUT2D eigenvalue weighted by atomic mass is 28.3. The summed E-state index contributed by atoms with van der Waals surface area (Å²) in [6.45, 7) is 13.9. The maximum atomic E-state index is 5.18. The molecule has 0 atom stereocenters. The van der Waals surface area contributed by atoms with Crippen LogP contribution >= 0.6 is 0 Å². The summed E-state index contributed by atoms with van der Waals surface area (Å²) in [4.78, 5) is 38.2. The van der Waals surface area contributed by atoms with E-state index < -0.39 is 16.1 Å². The zero-order valence-corrected chi connectivity index (χ0v) is 75.7. The molecule has 612 valence electrons. The molecule has 131 heavy (non-hydrogen) atoms. The number of nitrogens with zero attached hydrogens (tertiary/aromatic N) is 9. The molecule has 0 radical (unpaired) electrons. The first kappa shape index (κ1) is 78.3. The molecule has 14 heterocycles. The smallest absolute Gasteiger partial charge is 0.251 e. The number of anilines is 9. The first-order valence-corrected chi connectivity index (χ1v) is 49.8. The molecule has 9 nitrogen and oxygen atoms in total. The summed E-state index contributed by atoms with van der Waals surface area (Å²) >= 11 is 0. The van der Waals surface area contributed by atoms with Crippen LogP contribution in [0.1, 0.15) is 33.4 Å². The maximum absolute atomic E-state index is 5.18. The van der Waals surface area contributed by atoms with Crippen LogP contribution in [0, 0.1) is 41.5 Å². The molecule has 0 unspecified atom stereocenters. The highest BCUT2D eigenvalue weighted by Crippen LogP contribution is 2.44. The highest BCUT2D eigenvalue weighted by Gasteiger charge is 2.59. The second-order valence-corrected chi connectivity index (χ2v) is 44.0. The molecule has 13 aromatic carbocycles. The molecule has 0 N–H and O–H groups in total. The second-order valence-electron chi connectivity index (χ2n) is 36.6. The second kappa shape index (κ2) is 30.9. The maximum Gasteiger partial charge on any atom is 0.251 e. The molecule has 0 saturated carbocycles. The average Bonchev–Trinajstić information content (AvgIpc) is 0.665. The standard InChI is InChI=1S/C45H38B2N4Si.C39H26B2N4Si.C30H21B2N/c1-27-17-29(3)41(30(4)18-27)46-35-21-48-22-36-43(35)51-44-37(46)23-49-25-39(44)52(33-13-9-7-10-14-33,34-15-11-8-12-16-34)40-26-50-24-38(45(40)51)47(36)42-31(5)19-28(2)20-32(42)6;1-5-13-27(14-6-1)40-31-21-42-22-32-37(31)45-38-33(40)23-43-25-35(38)46(29-17-9-3-10-18-29,30-19-11-4-12-20-30)36-26-44-24-34(39(36)45)41(32)28-15-7-2-8-16-28;1-3-12-22(13-4-1)31-24-16-7-9-20-28(24)33-29-21-10-8-17-25(29)32(23-14-5-2-6-15-23)27-19-11-18-26(31)30(27)33/h7-26H,1-6H3;1-26H;1-21H. The van der Waals surface area contributed by atoms with Crippen LogP contribution < -0.4 is 155 Å². The van der Waals surface area contributed by atoms with Crippen molar-refractivity contribution in [2.24, 2.45) is 0 Å². The quantitative estimate of drug-likeness (QED) is 0.152. The number of benzene rings is 13. The molecular formula is C114H85B6N9Si2. The molecule has 19 aromatic rings. The van der Waals surface area contributed by atoms with Crippen LogP contribution in [0.15, 0.2) is 408 Å². The van der Waals surface area contributed by atoms with Crippen LogP contribution in [0.25, 0.3) is 0 Å². The van der Waals surface area contributed by atoms with Crippen molar-refractivity contribution in [2.45, 2.75) is 41.5 Å². The van der Waals surface area contributed by atoms with Crippen LogP contribution in [-0.4, -0.2) is 86.3 Å². The van der Waals surface area contributed by atoms with Crippen molar-refractivity contribution in [3.8, 4) is 0 Å². The third-order valence-electron chi connectivity index (χ3n) is 29.5. The number of hydrogen-bond acceptors (Lipinski definition) is 9. The number of pyridine rings is 6. The fourth-order valence-electron chi connectivity index (χ4n) is 24.9. The van der Waals surface area contributed by atoms with Crippen LogP contribution in [0.3, 0.4) is 0 Å². The minimum atomic E-state index is -2.97. The van der Waals surface area contributed by atoms with Gasteiger partial charge in [0.15, 0.2) is 16.1 Å². The fourth-order valence-corrected chi connectivity index (χ4v) is 35.0. The molecule has 6 aromatic heterocycles. The van der Waals surface area contributed by atoms with E-state index in [1.807, 2.05) is 0 Å². The Kier molecular flexibility index (Phi) is 18.4. The first-order valence-electron chi connectivity index (χ1n) is 45.8. The summed E-state index contributed by atoms with van der Waals surface area (Å²) in [5, 5.41) is 10.6. The van der Waals surface area contributed by atoms with Gasteiger partial charge in [0.1, 0.15) is 0 Å². The zero-order chi connectivity index (χ0) is 87.5. The lowest BCUT2D eigenvalue weighted by molar-refractivity contribution is 1.23. The normalized spacial score (nSPS) is 14.2. The third-order valence-corrected chi connectivity index (χ3v) is 39.0. The van der Waals surface area contributed by atoms with Crippen molar-refractivity contribution in [1.82, 2.24) is 29.9 Å². The number of hydrogen-bond donors (Lipinski definition) is 0. The summed E-state index contributed by atoms with van der Waals surface area (Å²) in [5.41, 5.74) is 42.6. The Labute approximate surface area is 769 Å². The summed E-state index contributed by atoms with van der Waals surface area (Å²) in [6.07, 6.45) is 25.7. The van der Waals surface area contributed by atoms with Gasteiger partial charge in [0.2, 0.25) is 13.4 Å². The Hall–Kier alpha value is -15.0. The lowest BCUT2D eigenvalue weighted by Gasteiger charge is -2.52. The number of fused-ring (bicyclic) bond motifs is 4. The number of aromatic nitrogens is 6. The molecule has 0 amide bonds. The lowest BCUT2D eigenvalue weighted by Crippen LogP contribution is -2.81. The Morgan fingerprint density at radius 2 is 0.405 bits per heavy atom. The van der Waals surface area contributed by atoms with Crippen LogP contribution in [0.4, 0.5) is 51.2 Å². The van der Waals surface area contributed by atoms with Crippen molar-refractivity contribution in [3.63, 3.8) is 0 Å². The number of para-hydroxylation sites is 3. The number of aryl methyl sites for hydroxylation is 6. The SMILES string of the molecule is Cc1cc(C)c(B2c3cncc4c3N3c5c2cncc5[Si](c2ccccc2)(c2ccccc2)c2cncc(c23)B4c2c(C)cc(C)cc2C)c(C)c1.c1ccc(B2c3ccccc3N3c4ccccc4B(c4ccccc4)c4cccc2c43)cc1.c1ccc(B2c3cncc4c3N3c5c2cncc5[Si](c2ccccc2)(c2ccccc2)c2cncc(c23)B4c2ccccc2)cc1. The molecule has 0 bridgehead atoms. The Bertz CT molecular complexity index is 7340. The van der Waals surface area contributed by atoms with E-state index in [-0.39, 0.29) is 40.3 Å². The molecule has 27 rings (SSSR count). The van der Waals surface area contributed by atoms with E-state index in [0.717, 1.165) is 0 Å². The van der Waals surface area contributed by atoms with Gasteiger partial charge in [0.05, 0.1) is 0 Å². The van der Waals surface area contributed by atoms with E-state index >= 15 is 0 Å². The average molecular weight is 1700 g/mol. The van der Waals surface area contributed by atoms with Crippen molar-refractivity contribution >= 4 is 247 Å². The zero-order valence-electron chi connectivity index (χ0n) is 73.7. The third kappa shape index (κ3) is 11.5. The van der Waals surface area contributed by atoms with E-state index in [1.165, 1.54) is 224 Å². The molecule has 8 aliphatic rings. The molecule has 8 aliphatic heterocycles. The van der Waals surface area contributed by atoms with Gasteiger partial charge in [-0.1, -0.05) is 388 Å². The first-order chi connectivity index (χ1) is 64.6. The van der Waals surface area contributed by atoms with Crippen molar-refractivity contribution in [1.29, 1.82) is 0 Å². The Morgan fingerprint density at radius 3 is 0.695 bits per heavy atom. The summed E-state index contributed by atoms with van der Waals surface area (Å²) in [6, 6.07) is 123. The lowest BCUT2D eigenvalue weighted by atomic mass is 9.30. The summed E-state index contributed by atoms with van der Waals surface area (Å²) < 4.78 is 0. The van der Waals surface area contributed by atoms with Crippen molar-refractivity contribution < 1.29 is 0 Å². The molecule has 0 spiro atoms. The van der Waals surface area contributed by atoms with Crippen LogP contribution in [0.5, 0.6) is 0 Å². The Balaban J connectivity index is 0.000000108. The van der Waals surface area contributed by atoms with Gasteiger partial charge in [0.25, 0.3) is 26.9 Å². The van der Waals surface area contributed by atoms with Crippen LogP contribution in [0.2, 0.25) is 0 Å². The molecular weight excluding hydrogens is 1620 g/mol. The van der Waals surface area contributed by atoms with Crippen molar-refractivity contribution in [3.05, 3.63) is 441 Å². The van der Waals surface area contributed by atoms with Gasteiger partial charge in [-0.3, -0.25) is 29.9 Å². The van der Waals surface area contributed by atoms with Gasteiger partial charge in [-0.2, -0.15) is 0 Å². The minimum absolute atomic E-state index is 0.00181. The largest absolute Gasteiger partial charge is 0.313 e. The van der Waals surface area contributed by atoms with Gasteiger partial charge in [-0.05, 0) is 161 Å². The van der Waals surface area contributed by atoms with E-state index in [4.69, 9.17) is 29.9 Å². The van der Waals surface area contributed by atoms with Gasteiger partial charge in [-0.15, -0.1) is 0 Å². The predicted octanol–water partition coefficient (Wildman–Crippen LogP) is 6.05. The minimum Gasteiger partial charge on any atom is -0.313 e. The Morgan fingerprint density at radius 1 is 0.191 bits per heavy atom. The van der Waals surface area contributed by atoms with Gasteiger partial charge in [0, 0.05) is 126 Å². The topological polar surface area (TPSA) is 87.1 Å².